The molecular weight excluding hydrogens is 361 g/mol. The molecule has 130 valence electrons. The van der Waals surface area contributed by atoms with Gasteiger partial charge in [-0.15, -0.1) is 0 Å². The Balaban J connectivity index is 1.56. The molecule has 2 aliphatic heterocycles. The highest BCUT2D eigenvalue weighted by Gasteiger charge is 2.44. The summed E-state index contributed by atoms with van der Waals surface area (Å²) < 4.78 is 6.25. The number of ketones is 1. The molecule has 2 aromatic rings. The third-order valence-corrected chi connectivity index (χ3v) is 5.40. The summed E-state index contributed by atoms with van der Waals surface area (Å²) in [5.74, 6) is 1.42. The number of anilines is 1. The number of carbonyl (C=O) groups is 1. The largest absolute Gasteiger partial charge is 0.484 e. The van der Waals surface area contributed by atoms with Gasteiger partial charge in [0.2, 0.25) is 0 Å². The molecular formula is C18H17Cl2N3O2. The van der Waals surface area contributed by atoms with Gasteiger partial charge in [0, 0.05) is 42.7 Å². The van der Waals surface area contributed by atoms with Gasteiger partial charge in [0.25, 0.3) is 0 Å². The lowest BCUT2D eigenvalue weighted by atomic mass is 9.82. The fourth-order valence-corrected chi connectivity index (χ4v) is 4.08. The zero-order valence-corrected chi connectivity index (χ0v) is 15.3. The van der Waals surface area contributed by atoms with Crippen molar-refractivity contribution in [1.29, 1.82) is 0 Å². The fourth-order valence-electron chi connectivity index (χ4n) is 3.55. The summed E-state index contributed by atoms with van der Waals surface area (Å²) in [6.45, 7) is 3.48. The maximum atomic E-state index is 12.6. The molecule has 0 unspecified atom stereocenters. The first kappa shape index (κ1) is 16.6. The van der Waals surface area contributed by atoms with Crippen molar-refractivity contribution >= 4 is 34.8 Å². The SMILES string of the molecule is Cc1cc(N2CCC3(CC2)CC(=O)c2cc(Cl)cc(Cl)c2O3)ncn1. The number of piperidine rings is 1. The average molecular weight is 378 g/mol. The van der Waals surface area contributed by atoms with Crippen LogP contribution < -0.4 is 9.64 Å². The molecule has 0 radical (unpaired) electrons. The van der Waals surface area contributed by atoms with Gasteiger partial charge in [0.05, 0.1) is 17.0 Å². The quantitative estimate of drug-likeness (QED) is 0.748. The number of nitrogens with zero attached hydrogens (tertiary/aromatic N) is 3. The number of halogens is 2. The maximum Gasteiger partial charge on any atom is 0.170 e. The van der Waals surface area contributed by atoms with Gasteiger partial charge >= 0.3 is 0 Å². The van der Waals surface area contributed by atoms with E-state index < -0.39 is 5.60 Å². The highest BCUT2D eigenvalue weighted by atomic mass is 35.5. The minimum Gasteiger partial charge on any atom is -0.484 e. The van der Waals surface area contributed by atoms with Gasteiger partial charge in [-0.3, -0.25) is 4.79 Å². The Morgan fingerprint density at radius 3 is 2.64 bits per heavy atom. The van der Waals surface area contributed by atoms with E-state index in [2.05, 4.69) is 14.9 Å². The van der Waals surface area contributed by atoms with Crippen molar-refractivity contribution in [1.82, 2.24) is 9.97 Å². The van der Waals surface area contributed by atoms with Crippen LogP contribution in [0.15, 0.2) is 24.5 Å². The van der Waals surface area contributed by atoms with Gasteiger partial charge in [0.1, 0.15) is 23.5 Å². The molecule has 5 nitrogen and oxygen atoms in total. The van der Waals surface area contributed by atoms with Crippen LogP contribution in [0.25, 0.3) is 0 Å². The third-order valence-electron chi connectivity index (χ3n) is 4.90. The number of aryl methyl sites for hydroxylation is 1. The van der Waals surface area contributed by atoms with Crippen LogP contribution in [0.3, 0.4) is 0 Å². The summed E-state index contributed by atoms with van der Waals surface area (Å²) >= 11 is 12.3. The summed E-state index contributed by atoms with van der Waals surface area (Å²) in [5.41, 5.74) is 0.920. The van der Waals surface area contributed by atoms with E-state index in [9.17, 15) is 4.79 Å². The molecule has 4 rings (SSSR count). The van der Waals surface area contributed by atoms with E-state index in [-0.39, 0.29) is 5.78 Å². The van der Waals surface area contributed by atoms with E-state index in [4.69, 9.17) is 27.9 Å². The lowest BCUT2D eigenvalue weighted by Crippen LogP contribution is -2.51. The Hall–Kier alpha value is -1.85. The summed E-state index contributed by atoms with van der Waals surface area (Å²) in [7, 11) is 0. The second-order valence-electron chi connectivity index (χ2n) is 6.65. The van der Waals surface area contributed by atoms with Gasteiger partial charge in [0.15, 0.2) is 5.78 Å². The van der Waals surface area contributed by atoms with Gasteiger partial charge in [-0.1, -0.05) is 23.2 Å². The van der Waals surface area contributed by atoms with Crippen LogP contribution in [0.2, 0.25) is 10.0 Å². The van der Waals surface area contributed by atoms with Crippen LogP contribution in [0.5, 0.6) is 5.75 Å². The Kier molecular flexibility index (Phi) is 4.08. The standard InChI is InChI=1S/C18H17Cl2N3O2/c1-11-6-16(22-10-21-11)23-4-2-18(3-5-23)9-15(24)13-7-12(19)8-14(20)17(13)25-18/h6-8,10H,2-5,9H2,1H3. The zero-order chi connectivity index (χ0) is 17.6. The Morgan fingerprint density at radius 2 is 1.92 bits per heavy atom. The molecule has 1 saturated heterocycles. The van der Waals surface area contributed by atoms with E-state index >= 15 is 0 Å². The van der Waals surface area contributed by atoms with Gasteiger partial charge in [-0.2, -0.15) is 0 Å². The molecule has 0 saturated carbocycles. The first-order chi connectivity index (χ1) is 12.0. The topological polar surface area (TPSA) is 55.3 Å². The average Bonchev–Trinajstić information content (AvgIpc) is 2.57. The molecule has 25 heavy (non-hydrogen) atoms. The first-order valence-electron chi connectivity index (χ1n) is 8.21. The number of aromatic nitrogens is 2. The molecule has 3 heterocycles. The van der Waals surface area contributed by atoms with Crippen LogP contribution in [0.4, 0.5) is 5.82 Å². The Bertz CT molecular complexity index is 848. The molecule has 0 N–H and O–H groups in total. The van der Waals surface area contributed by atoms with Crippen molar-refractivity contribution in [2.45, 2.75) is 31.8 Å². The van der Waals surface area contributed by atoms with Crippen molar-refractivity contribution < 1.29 is 9.53 Å². The number of ether oxygens (including phenoxy) is 1. The van der Waals surface area contributed by atoms with Crippen LogP contribution in [-0.2, 0) is 0 Å². The molecule has 1 fully saturated rings. The zero-order valence-electron chi connectivity index (χ0n) is 13.8. The van der Waals surface area contributed by atoms with Crippen molar-refractivity contribution in [3.63, 3.8) is 0 Å². The van der Waals surface area contributed by atoms with Gasteiger partial charge in [-0.25, -0.2) is 9.97 Å². The van der Waals surface area contributed by atoms with Gasteiger partial charge in [-0.05, 0) is 19.1 Å². The number of benzene rings is 1. The van der Waals surface area contributed by atoms with Gasteiger partial charge < -0.3 is 9.64 Å². The monoisotopic (exact) mass is 377 g/mol. The molecule has 2 aliphatic rings. The first-order valence-corrected chi connectivity index (χ1v) is 8.96. The number of hydrogen-bond acceptors (Lipinski definition) is 5. The maximum absolute atomic E-state index is 12.6. The molecule has 0 atom stereocenters. The molecule has 1 aromatic carbocycles. The molecule has 0 amide bonds. The van der Waals surface area contributed by atoms with Crippen molar-refractivity contribution in [3.8, 4) is 5.75 Å². The predicted molar refractivity (Wildman–Crippen MR) is 97.0 cm³/mol. The minimum absolute atomic E-state index is 0.0389. The summed E-state index contributed by atoms with van der Waals surface area (Å²) in [6, 6.07) is 5.23. The molecule has 0 bridgehead atoms. The van der Waals surface area contributed by atoms with Crippen LogP contribution in [0, 0.1) is 6.92 Å². The van der Waals surface area contributed by atoms with E-state index in [0.29, 0.717) is 27.8 Å². The normalized spacial score (nSPS) is 18.8. The van der Waals surface area contributed by atoms with Crippen LogP contribution in [0.1, 0.15) is 35.3 Å². The fraction of sp³-hybridized carbons (Fsp3) is 0.389. The molecule has 1 aromatic heterocycles. The highest BCUT2D eigenvalue weighted by Crippen LogP contribution is 2.44. The molecule has 0 aliphatic carbocycles. The van der Waals surface area contributed by atoms with Crippen molar-refractivity contribution in [2.24, 2.45) is 0 Å². The number of carbonyl (C=O) groups excluding carboxylic acids is 1. The summed E-state index contributed by atoms with van der Waals surface area (Å²) in [6.07, 6.45) is 3.41. The Labute approximate surface area is 155 Å². The van der Waals surface area contributed by atoms with Crippen molar-refractivity contribution in [3.05, 3.63) is 45.8 Å². The van der Waals surface area contributed by atoms with Crippen LogP contribution >= 0.6 is 23.2 Å². The van der Waals surface area contributed by atoms with E-state index in [0.717, 1.165) is 37.4 Å². The molecule has 1 spiro atoms. The lowest BCUT2D eigenvalue weighted by Gasteiger charge is -2.44. The second kappa shape index (κ2) is 6.15. The third kappa shape index (κ3) is 3.07. The minimum atomic E-state index is -0.500. The number of Topliss-reactive ketones (excluding diaryl/α,β-unsaturated/α-hetero) is 1. The Morgan fingerprint density at radius 1 is 1.16 bits per heavy atom. The van der Waals surface area contributed by atoms with E-state index in [1.54, 1.807) is 18.5 Å². The smallest absolute Gasteiger partial charge is 0.170 e. The van der Waals surface area contributed by atoms with E-state index in [1.807, 2.05) is 13.0 Å². The summed E-state index contributed by atoms with van der Waals surface area (Å²) in [4.78, 5) is 23.3. The summed E-state index contributed by atoms with van der Waals surface area (Å²) in [5, 5.41) is 0.842. The predicted octanol–water partition coefficient (Wildman–Crippen LogP) is 4.10. The number of hydrogen-bond donors (Lipinski definition) is 0. The highest BCUT2D eigenvalue weighted by molar-refractivity contribution is 6.36. The lowest BCUT2D eigenvalue weighted by molar-refractivity contribution is 0.0232. The molecule has 7 heteroatoms. The van der Waals surface area contributed by atoms with Crippen molar-refractivity contribution in [2.75, 3.05) is 18.0 Å². The number of rotatable bonds is 1. The van der Waals surface area contributed by atoms with E-state index in [1.165, 1.54) is 0 Å². The second-order valence-corrected chi connectivity index (χ2v) is 7.50. The number of fused-ring (bicyclic) bond motifs is 1. The van der Waals surface area contributed by atoms with Crippen LogP contribution in [-0.4, -0.2) is 34.4 Å².